The third-order valence-corrected chi connectivity index (χ3v) is 3.10. The van der Waals surface area contributed by atoms with Gasteiger partial charge in [0, 0.05) is 4.88 Å². The lowest BCUT2D eigenvalue weighted by Gasteiger charge is -2.04. The van der Waals surface area contributed by atoms with E-state index in [4.69, 9.17) is 16.3 Å². The largest absolute Gasteiger partial charge is 0.456 e. The number of carbonyl (C=O) groups is 1. The molecule has 0 saturated carbocycles. The Labute approximate surface area is 106 Å². The zero-order valence-corrected chi connectivity index (χ0v) is 10.1. The van der Waals surface area contributed by atoms with Gasteiger partial charge in [-0.1, -0.05) is 17.7 Å². The third kappa shape index (κ3) is 3.01. The molecular formula is C11H7ClFNO2S. The molecular weight excluding hydrogens is 265 g/mol. The van der Waals surface area contributed by atoms with E-state index in [1.54, 1.807) is 0 Å². The van der Waals surface area contributed by atoms with Gasteiger partial charge in [-0.3, -0.25) is 0 Å². The number of ether oxygens (including phenoxy) is 1. The molecule has 0 aliphatic rings. The number of hydrogen-bond acceptors (Lipinski definition) is 4. The first kappa shape index (κ1) is 12.0. The van der Waals surface area contributed by atoms with Gasteiger partial charge < -0.3 is 4.74 Å². The van der Waals surface area contributed by atoms with Gasteiger partial charge in [-0.15, -0.1) is 11.3 Å². The first-order valence-corrected chi connectivity index (χ1v) is 5.93. The second-order valence-electron chi connectivity index (χ2n) is 3.15. The Morgan fingerprint density at radius 3 is 3.12 bits per heavy atom. The van der Waals surface area contributed by atoms with Crippen molar-refractivity contribution in [3.8, 4) is 0 Å². The Morgan fingerprint density at radius 2 is 2.41 bits per heavy atom. The van der Waals surface area contributed by atoms with Gasteiger partial charge in [0.2, 0.25) is 0 Å². The third-order valence-electron chi connectivity index (χ3n) is 1.95. The number of nitrogens with zero attached hydrogens (tertiary/aromatic N) is 1. The summed E-state index contributed by atoms with van der Waals surface area (Å²) in [4.78, 5) is 16.0. The molecule has 17 heavy (non-hydrogen) atoms. The molecule has 88 valence electrons. The molecule has 0 atom stereocenters. The van der Waals surface area contributed by atoms with Crippen molar-refractivity contribution in [3.63, 3.8) is 0 Å². The van der Waals surface area contributed by atoms with E-state index < -0.39 is 11.8 Å². The van der Waals surface area contributed by atoms with Crippen LogP contribution in [0.5, 0.6) is 0 Å². The maximum atomic E-state index is 12.9. The molecule has 0 aromatic carbocycles. The van der Waals surface area contributed by atoms with Crippen LogP contribution in [0.2, 0.25) is 5.15 Å². The number of esters is 1. The lowest BCUT2D eigenvalue weighted by Crippen LogP contribution is -2.06. The summed E-state index contributed by atoms with van der Waals surface area (Å²) in [6, 6.07) is 4.69. The average Bonchev–Trinajstić information content (AvgIpc) is 2.82. The van der Waals surface area contributed by atoms with Crippen LogP contribution in [0, 0.1) is 5.82 Å². The van der Waals surface area contributed by atoms with Gasteiger partial charge in [0.05, 0.1) is 11.8 Å². The summed E-state index contributed by atoms with van der Waals surface area (Å²) in [7, 11) is 0. The second-order valence-corrected chi connectivity index (χ2v) is 4.54. The van der Waals surface area contributed by atoms with Crippen LogP contribution in [-0.2, 0) is 11.3 Å². The number of carbonyl (C=O) groups excluding carboxylic acids is 1. The van der Waals surface area contributed by atoms with Crippen molar-refractivity contribution in [2.45, 2.75) is 6.61 Å². The van der Waals surface area contributed by atoms with Gasteiger partial charge in [-0.25, -0.2) is 14.2 Å². The number of hydrogen-bond donors (Lipinski definition) is 0. The topological polar surface area (TPSA) is 39.2 Å². The second kappa shape index (κ2) is 5.25. The van der Waals surface area contributed by atoms with E-state index in [2.05, 4.69) is 4.98 Å². The van der Waals surface area contributed by atoms with Crippen LogP contribution in [0.25, 0.3) is 0 Å². The van der Waals surface area contributed by atoms with Crippen molar-refractivity contribution >= 4 is 28.9 Å². The number of thiophene rings is 1. The van der Waals surface area contributed by atoms with Crippen LogP contribution in [0.3, 0.4) is 0 Å². The highest BCUT2D eigenvalue weighted by Gasteiger charge is 2.14. The first-order chi connectivity index (χ1) is 8.16. The SMILES string of the molecule is O=C(OCc1cccs1)c1cc(F)cnc1Cl. The predicted octanol–water partition coefficient (Wildman–Crippen LogP) is 3.29. The van der Waals surface area contributed by atoms with Crippen LogP contribution in [-0.4, -0.2) is 11.0 Å². The molecule has 2 aromatic heterocycles. The maximum absolute atomic E-state index is 12.9. The van der Waals surface area contributed by atoms with Gasteiger partial charge >= 0.3 is 5.97 Å². The summed E-state index contributed by atoms with van der Waals surface area (Å²) in [6.07, 6.45) is 0.943. The van der Waals surface area contributed by atoms with Crippen LogP contribution in [0.1, 0.15) is 15.2 Å². The Hall–Kier alpha value is -1.46. The van der Waals surface area contributed by atoms with Gasteiger partial charge in [0.15, 0.2) is 0 Å². The number of halogens is 2. The minimum atomic E-state index is -0.685. The fourth-order valence-corrected chi connectivity index (χ4v) is 1.97. The summed E-state index contributed by atoms with van der Waals surface area (Å²) in [5.74, 6) is -1.31. The summed E-state index contributed by atoms with van der Waals surface area (Å²) in [5.41, 5.74) is -0.0665. The standard InChI is InChI=1S/C11H7ClFNO2S/c12-10-9(4-7(13)5-14-10)11(15)16-6-8-2-1-3-17-8/h1-5H,6H2. The molecule has 0 bridgehead atoms. The van der Waals surface area contributed by atoms with E-state index in [0.29, 0.717) is 0 Å². The molecule has 2 aromatic rings. The molecule has 6 heteroatoms. The molecule has 2 heterocycles. The number of rotatable bonds is 3. The molecule has 3 nitrogen and oxygen atoms in total. The summed E-state index contributed by atoms with van der Waals surface area (Å²) in [5, 5.41) is 1.81. The maximum Gasteiger partial charge on any atom is 0.341 e. The number of aromatic nitrogens is 1. The van der Waals surface area contributed by atoms with Crippen molar-refractivity contribution in [1.82, 2.24) is 4.98 Å². The van der Waals surface area contributed by atoms with Gasteiger partial charge in [0.1, 0.15) is 17.6 Å². The Morgan fingerprint density at radius 1 is 1.59 bits per heavy atom. The monoisotopic (exact) mass is 271 g/mol. The summed E-state index contributed by atoms with van der Waals surface area (Å²) in [6.45, 7) is 0.142. The Bertz CT molecular complexity index is 530. The zero-order chi connectivity index (χ0) is 12.3. The molecule has 0 N–H and O–H groups in total. The first-order valence-electron chi connectivity index (χ1n) is 4.67. The smallest absolute Gasteiger partial charge is 0.341 e. The van der Waals surface area contributed by atoms with E-state index in [1.807, 2.05) is 17.5 Å². The molecule has 2 rings (SSSR count). The normalized spacial score (nSPS) is 10.2. The lowest BCUT2D eigenvalue weighted by atomic mass is 10.3. The van der Waals surface area contributed by atoms with Crippen molar-refractivity contribution < 1.29 is 13.9 Å². The van der Waals surface area contributed by atoms with E-state index in [9.17, 15) is 9.18 Å². The highest BCUT2D eigenvalue weighted by Crippen LogP contribution is 2.16. The minimum absolute atomic E-state index is 0.0665. The molecule has 0 saturated heterocycles. The zero-order valence-electron chi connectivity index (χ0n) is 8.52. The highest BCUT2D eigenvalue weighted by atomic mass is 35.5. The minimum Gasteiger partial charge on any atom is -0.456 e. The van der Waals surface area contributed by atoms with Crippen molar-refractivity contribution in [3.05, 3.63) is 51.2 Å². The molecule has 0 radical (unpaired) electrons. The fraction of sp³-hybridized carbons (Fsp3) is 0.0909. The van der Waals surface area contributed by atoms with E-state index in [0.717, 1.165) is 17.1 Å². The van der Waals surface area contributed by atoms with E-state index in [1.165, 1.54) is 11.3 Å². The predicted molar refractivity (Wildman–Crippen MR) is 62.6 cm³/mol. The van der Waals surface area contributed by atoms with Crippen molar-refractivity contribution in [2.75, 3.05) is 0 Å². The molecule has 0 spiro atoms. The van der Waals surface area contributed by atoms with Crippen LogP contribution in [0.4, 0.5) is 4.39 Å². The van der Waals surface area contributed by atoms with Gasteiger partial charge in [-0.05, 0) is 17.5 Å². The number of pyridine rings is 1. The average molecular weight is 272 g/mol. The fourth-order valence-electron chi connectivity index (χ4n) is 1.17. The van der Waals surface area contributed by atoms with E-state index >= 15 is 0 Å². The lowest BCUT2D eigenvalue weighted by molar-refractivity contribution is 0.0476. The molecule has 0 unspecified atom stereocenters. The van der Waals surface area contributed by atoms with Gasteiger partial charge in [0.25, 0.3) is 0 Å². The van der Waals surface area contributed by atoms with E-state index in [-0.39, 0.29) is 17.3 Å². The molecule has 0 fully saturated rings. The Balaban J connectivity index is 2.07. The Kier molecular flexibility index (Phi) is 3.71. The van der Waals surface area contributed by atoms with Crippen LogP contribution >= 0.6 is 22.9 Å². The molecule has 0 aliphatic heterocycles. The van der Waals surface area contributed by atoms with Crippen molar-refractivity contribution in [1.29, 1.82) is 0 Å². The quantitative estimate of drug-likeness (QED) is 0.635. The van der Waals surface area contributed by atoms with Gasteiger partial charge in [-0.2, -0.15) is 0 Å². The summed E-state index contributed by atoms with van der Waals surface area (Å²) >= 11 is 7.14. The van der Waals surface area contributed by atoms with Crippen LogP contribution in [0.15, 0.2) is 29.8 Å². The summed E-state index contributed by atoms with van der Waals surface area (Å²) < 4.78 is 17.9. The highest BCUT2D eigenvalue weighted by molar-refractivity contribution is 7.09. The van der Waals surface area contributed by atoms with Crippen molar-refractivity contribution in [2.24, 2.45) is 0 Å². The molecule has 0 aliphatic carbocycles. The van der Waals surface area contributed by atoms with Crippen LogP contribution < -0.4 is 0 Å². The molecule has 0 amide bonds.